The van der Waals surface area contributed by atoms with Gasteiger partial charge >= 0.3 is 0 Å². The number of benzene rings is 1. The van der Waals surface area contributed by atoms with Crippen molar-refractivity contribution in [2.24, 2.45) is 5.92 Å². The van der Waals surface area contributed by atoms with E-state index in [0.29, 0.717) is 0 Å². The van der Waals surface area contributed by atoms with Crippen LogP contribution in [0.25, 0.3) is 16.1 Å². The minimum absolute atomic E-state index is 0.200. The van der Waals surface area contributed by atoms with E-state index in [1.807, 2.05) is 0 Å². The molecule has 1 heterocycles. The van der Waals surface area contributed by atoms with Crippen molar-refractivity contribution in [3.05, 3.63) is 106 Å². The van der Waals surface area contributed by atoms with Crippen molar-refractivity contribution >= 4 is 16.9 Å². The molecule has 33 heavy (non-hydrogen) atoms. The molecule has 1 unspecified atom stereocenters. The molecule has 0 aliphatic heterocycles. The average molecular weight is 454 g/mol. The second-order valence-corrected chi connectivity index (χ2v) is 10.2. The van der Waals surface area contributed by atoms with Crippen LogP contribution in [0.3, 0.4) is 0 Å². The van der Waals surface area contributed by atoms with E-state index in [0.717, 1.165) is 21.8 Å². The Hall–Kier alpha value is -2.71. The fourth-order valence-corrected chi connectivity index (χ4v) is 5.90. The highest BCUT2D eigenvalue weighted by atomic mass is 32.1. The summed E-state index contributed by atoms with van der Waals surface area (Å²) in [5.74, 6) is 0.200. The molecule has 1 aromatic heterocycles. The first kappa shape index (κ1) is 23.4. The number of nitrogens with zero attached hydrogens (tertiary/aromatic N) is 1. The predicted octanol–water partition coefficient (Wildman–Crippen LogP) is 9.42. The summed E-state index contributed by atoms with van der Waals surface area (Å²) in [6, 6.07) is 8.43. The first-order chi connectivity index (χ1) is 16.0. The molecule has 5 rings (SSSR count). The molecule has 0 N–H and O–H groups in total. The number of hydrogen-bond acceptors (Lipinski definition) is 2. The van der Waals surface area contributed by atoms with Crippen molar-refractivity contribution in [2.45, 2.75) is 59.3 Å². The van der Waals surface area contributed by atoms with Crippen molar-refractivity contribution < 1.29 is 0 Å². The summed E-state index contributed by atoms with van der Waals surface area (Å²) in [5, 5.41) is 3.25. The van der Waals surface area contributed by atoms with Gasteiger partial charge in [-0.2, -0.15) is 0 Å². The lowest BCUT2D eigenvalue weighted by atomic mass is 9.84. The molecule has 1 atom stereocenters. The van der Waals surface area contributed by atoms with E-state index < -0.39 is 0 Å². The summed E-state index contributed by atoms with van der Waals surface area (Å²) >= 11 is 1.71. The highest BCUT2D eigenvalue weighted by molar-refractivity contribution is 7.13. The Kier molecular flexibility index (Phi) is 7.45. The van der Waals surface area contributed by atoms with Crippen LogP contribution in [0.5, 0.6) is 0 Å². The van der Waals surface area contributed by atoms with Gasteiger partial charge in [-0.3, -0.25) is 0 Å². The van der Waals surface area contributed by atoms with E-state index in [1.54, 1.807) is 11.3 Å². The van der Waals surface area contributed by atoms with Gasteiger partial charge in [0.15, 0.2) is 0 Å². The first-order valence-corrected chi connectivity index (χ1v) is 13.0. The van der Waals surface area contributed by atoms with Crippen molar-refractivity contribution in [3.63, 3.8) is 0 Å². The molecule has 2 aromatic rings. The molecule has 0 radical (unpaired) electrons. The van der Waals surface area contributed by atoms with Gasteiger partial charge in [0.2, 0.25) is 0 Å². The Balaban J connectivity index is 0.000000376. The first-order valence-electron chi connectivity index (χ1n) is 12.1. The lowest BCUT2D eigenvalue weighted by Gasteiger charge is -2.19. The van der Waals surface area contributed by atoms with Gasteiger partial charge in [-0.1, -0.05) is 105 Å². The van der Waals surface area contributed by atoms with Crippen molar-refractivity contribution in [1.82, 2.24) is 4.98 Å². The fourth-order valence-electron chi connectivity index (χ4n) is 4.98. The molecule has 1 nitrogen and oxygen atoms in total. The van der Waals surface area contributed by atoms with Gasteiger partial charge in [-0.25, -0.2) is 4.98 Å². The van der Waals surface area contributed by atoms with Crippen molar-refractivity contribution in [2.75, 3.05) is 0 Å². The van der Waals surface area contributed by atoms with E-state index in [1.165, 1.54) is 71.9 Å². The van der Waals surface area contributed by atoms with Gasteiger partial charge in [0.25, 0.3) is 0 Å². The topological polar surface area (TPSA) is 12.9 Å². The van der Waals surface area contributed by atoms with Crippen LogP contribution in [-0.4, -0.2) is 4.98 Å². The van der Waals surface area contributed by atoms with Crippen LogP contribution in [-0.2, 0) is 0 Å². The highest BCUT2D eigenvalue weighted by Crippen LogP contribution is 2.47. The summed E-state index contributed by atoms with van der Waals surface area (Å²) in [6.07, 6.45) is 17.6. The molecule has 3 aliphatic carbocycles. The molecule has 2 heteroatoms. The lowest BCUT2D eigenvalue weighted by molar-refractivity contribution is 0.504. The number of aromatic nitrogens is 1. The standard InChI is InChI=1S/C25H23NS.C6H12/c1-15(2)21-13-22(24(18(21)5)19-12-8-10-16(19)3)23-14-27-25(26-23)20-11-7-6-9-17(20)4;1-2-4-6-5-3-1/h6-14,24H,1,3H2,2,4-5H3;1-6H2. The monoisotopic (exact) mass is 453 g/mol. The van der Waals surface area contributed by atoms with E-state index in [9.17, 15) is 0 Å². The van der Waals surface area contributed by atoms with E-state index >= 15 is 0 Å². The number of rotatable bonds is 4. The quantitative estimate of drug-likeness (QED) is 0.449. The van der Waals surface area contributed by atoms with Gasteiger partial charge in [0, 0.05) is 16.9 Å². The van der Waals surface area contributed by atoms with Gasteiger partial charge in [-0.05, 0) is 54.7 Å². The predicted molar refractivity (Wildman–Crippen MR) is 145 cm³/mol. The molecule has 1 aromatic carbocycles. The summed E-state index contributed by atoms with van der Waals surface area (Å²) in [5.41, 5.74) is 10.8. The maximum Gasteiger partial charge on any atom is 0.124 e. The van der Waals surface area contributed by atoms with E-state index in [-0.39, 0.29) is 5.92 Å². The number of allylic oxidation sites excluding steroid dienone is 10. The average Bonchev–Trinajstić information content (AvgIpc) is 3.54. The van der Waals surface area contributed by atoms with Gasteiger partial charge < -0.3 is 0 Å². The molecule has 1 saturated carbocycles. The molecule has 1 fully saturated rings. The minimum atomic E-state index is 0.200. The zero-order valence-corrected chi connectivity index (χ0v) is 21.1. The highest BCUT2D eigenvalue weighted by Gasteiger charge is 2.32. The second kappa shape index (κ2) is 10.5. The molecular formula is C31H35NS. The summed E-state index contributed by atoms with van der Waals surface area (Å²) in [4.78, 5) is 5.01. The van der Waals surface area contributed by atoms with E-state index in [2.05, 4.69) is 87.9 Å². The molecule has 3 aliphatic rings. The Bertz CT molecular complexity index is 1170. The van der Waals surface area contributed by atoms with Crippen LogP contribution in [0, 0.1) is 12.8 Å². The molecule has 0 amide bonds. The zero-order chi connectivity index (χ0) is 23.4. The van der Waals surface area contributed by atoms with Crippen LogP contribution < -0.4 is 0 Å². The van der Waals surface area contributed by atoms with Crippen LogP contribution in [0.15, 0.2) is 95.0 Å². The second-order valence-electron chi connectivity index (χ2n) is 9.39. The van der Waals surface area contributed by atoms with Crippen molar-refractivity contribution in [3.8, 4) is 10.6 Å². The number of hydrogen-bond donors (Lipinski definition) is 0. The summed E-state index contributed by atoms with van der Waals surface area (Å²) in [6.45, 7) is 14.8. The Morgan fingerprint density at radius 3 is 2.24 bits per heavy atom. The van der Waals surface area contributed by atoms with Gasteiger partial charge in [-0.15, -0.1) is 11.3 Å². The lowest BCUT2D eigenvalue weighted by Crippen LogP contribution is -2.07. The van der Waals surface area contributed by atoms with Gasteiger partial charge in [0.1, 0.15) is 5.01 Å². The van der Waals surface area contributed by atoms with Crippen LogP contribution in [0.1, 0.15) is 63.6 Å². The molecular weight excluding hydrogens is 418 g/mol. The van der Waals surface area contributed by atoms with Gasteiger partial charge in [0.05, 0.1) is 5.69 Å². The van der Waals surface area contributed by atoms with Crippen LogP contribution >= 0.6 is 11.3 Å². The third kappa shape index (κ3) is 5.12. The smallest absolute Gasteiger partial charge is 0.124 e. The largest absolute Gasteiger partial charge is 0.236 e. The van der Waals surface area contributed by atoms with E-state index in [4.69, 9.17) is 4.98 Å². The molecule has 170 valence electrons. The zero-order valence-electron chi connectivity index (χ0n) is 20.3. The summed E-state index contributed by atoms with van der Waals surface area (Å²) < 4.78 is 0. The number of thiazole rings is 1. The maximum atomic E-state index is 5.01. The molecule has 0 saturated heterocycles. The normalized spacial score (nSPS) is 19.8. The molecule has 0 bridgehead atoms. The summed E-state index contributed by atoms with van der Waals surface area (Å²) in [7, 11) is 0. The van der Waals surface area contributed by atoms with Crippen LogP contribution in [0.4, 0.5) is 0 Å². The Morgan fingerprint density at radius 1 is 1.00 bits per heavy atom. The Morgan fingerprint density at radius 2 is 1.67 bits per heavy atom. The third-order valence-electron chi connectivity index (χ3n) is 6.86. The molecule has 0 spiro atoms. The maximum absolute atomic E-state index is 5.01. The van der Waals surface area contributed by atoms with Crippen LogP contribution in [0.2, 0.25) is 0 Å². The number of aryl methyl sites for hydroxylation is 1. The fraction of sp³-hybridized carbons (Fsp3) is 0.323. The minimum Gasteiger partial charge on any atom is -0.236 e. The Labute approximate surface area is 203 Å². The third-order valence-corrected chi connectivity index (χ3v) is 7.73. The SMILES string of the molecule is C1CCCCC1.C=C(C)C1=C(C)C(C2=CC=CC2=C)C(c2csc(-c3ccccc3C)n2)=C1. The van der Waals surface area contributed by atoms with Crippen molar-refractivity contribution in [1.29, 1.82) is 0 Å².